The zero-order valence-corrected chi connectivity index (χ0v) is 14.8. The Bertz CT molecular complexity index is 250. The van der Waals surface area contributed by atoms with E-state index in [9.17, 15) is 28.2 Å². The monoisotopic (exact) mass is 324 g/mol. The molecule has 0 fully saturated rings. The van der Waals surface area contributed by atoms with Crippen molar-refractivity contribution >= 4 is 34.1 Å². The minimum Gasteiger partial charge on any atom is -0.546 e. The average molecular weight is 324 g/mol. The van der Waals surface area contributed by atoms with E-state index < -0.39 is 45.0 Å². The number of carboxylic acids is 2. The molecule has 0 saturated heterocycles. The van der Waals surface area contributed by atoms with Crippen molar-refractivity contribution in [3.05, 3.63) is 0 Å². The van der Waals surface area contributed by atoms with Crippen LogP contribution in [0.15, 0.2) is 0 Å². The Morgan fingerprint density at radius 3 is 1.00 bits per heavy atom. The largest absolute Gasteiger partial charge is 1.00 e. The Morgan fingerprint density at radius 1 is 0.833 bits per heavy atom. The molecule has 0 amide bonds. The Hall–Kier alpha value is 1.08. The summed E-state index contributed by atoms with van der Waals surface area (Å²) in [6.45, 7) is 0. The number of carboxylic acid groups (broad SMARTS) is 2. The van der Waals surface area contributed by atoms with E-state index in [1.54, 1.807) is 0 Å². The fourth-order valence-corrected chi connectivity index (χ4v) is 0.494. The van der Waals surface area contributed by atoms with Crippen molar-refractivity contribution in [2.45, 2.75) is 10.9 Å². The van der Waals surface area contributed by atoms with Crippen LogP contribution in [0, 0.1) is 0 Å². The van der Waals surface area contributed by atoms with Crippen molar-refractivity contribution in [1.29, 1.82) is 0 Å². The zero-order chi connectivity index (χ0) is 13.5. The Morgan fingerprint density at radius 2 is 1.00 bits per heavy atom. The third kappa shape index (κ3) is 15.1. The summed E-state index contributed by atoms with van der Waals surface area (Å²) in [6.07, 6.45) is 0. The van der Waals surface area contributed by atoms with Crippen LogP contribution in [0.1, 0.15) is 0 Å². The molecule has 0 spiro atoms. The molecule has 0 bridgehead atoms. The molecule has 0 aliphatic heterocycles. The minimum absolute atomic E-state index is 0. The van der Waals surface area contributed by atoms with Crippen LogP contribution in [0.4, 0.5) is 0 Å². The number of aliphatic hydroxyl groups excluding tert-OH is 2. The van der Waals surface area contributed by atoms with E-state index in [0.717, 1.165) is 0 Å². The fourth-order valence-electron chi connectivity index (χ4n) is 0.165. The van der Waals surface area contributed by atoms with Crippen LogP contribution in [0.3, 0.4) is 0 Å². The van der Waals surface area contributed by atoms with E-state index in [1.165, 1.54) is 0 Å². The second kappa shape index (κ2) is 14.5. The van der Waals surface area contributed by atoms with Gasteiger partial charge in [-0.1, -0.05) is 0 Å². The summed E-state index contributed by atoms with van der Waals surface area (Å²) in [7, 11) is 0. The van der Waals surface area contributed by atoms with Crippen molar-refractivity contribution in [1.82, 2.24) is 0 Å². The Labute approximate surface area is 150 Å². The maximum Gasteiger partial charge on any atom is 1.00 e. The maximum atomic E-state index is 9.58. The summed E-state index contributed by atoms with van der Waals surface area (Å²) >= 11 is -5.49. The quantitative estimate of drug-likeness (QED) is 0.284. The van der Waals surface area contributed by atoms with Crippen molar-refractivity contribution in [3.63, 3.8) is 0 Å². The molecule has 96 valence electrons. The van der Waals surface area contributed by atoms with Gasteiger partial charge in [0.25, 0.3) is 0 Å². The minimum atomic E-state index is -2.75. The van der Waals surface area contributed by atoms with Crippen LogP contribution in [0.2, 0.25) is 0 Å². The number of carbonyl (C=O) groups excluding carboxylic acids is 2. The fraction of sp³-hybridized carbons (Fsp3) is 0.500. The van der Waals surface area contributed by atoms with Gasteiger partial charge in [0.05, 0.1) is 11.9 Å². The van der Waals surface area contributed by atoms with Gasteiger partial charge in [0.15, 0.2) is 33.0 Å². The summed E-state index contributed by atoms with van der Waals surface area (Å²) < 4.78 is 34.7. The number of hydrogen-bond donors (Lipinski definition) is 4. The Balaban J connectivity index is -0.0000000980. The normalized spacial score (nSPS) is 15.3. The molecule has 4 unspecified atom stereocenters. The van der Waals surface area contributed by atoms with Gasteiger partial charge >= 0.3 is 59.1 Å². The number of hydrogen-bond acceptors (Lipinski definition) is 8. The van der Waals surface area contributed by atoms with Gasteiger partial charge in [0.2, 0.25) is 0 Å². The Kier molecular flexibility index (Phi) is 22.1. The van der Waals surface area contributed by atoms with Crippen LogP contribution >= 0.6 is 0 Å². The van der Waals surface area contributed by atoms with E-state index in [1.807, 2.05) is 0 Å². The summed E-state index contributed by atoms with van der Waals surface area (Å²) in [5.41, 5.74) is -4.59. The third-order valence-corrected chi connectivity index (χ3v) is 1.93. The van der Waals surface area contributed by atoms with Gasteiger partial charge in [-0.3, -0.25) is 0 Å². The SMILES string of the molecule is O=C([O-])C(O)S(=O)O.O=C([O-])C(O)S(=O)O.[Na+].[Na+]. The molecule has 0 aromatic carbocycles. The van der Waals surface area contributed by atoms with Crippen molar-refractivity contribution in [2.24, 2.45) is 0 Å². The average Bonchev–Trinajstić information content (AvgIpc) is 2.15. The van der Waals surface area contributed by atoms with Crippen LogP contribution in [-0.2, 0) is 31.7 Å². The number of carbonyl (C=O) groups is 2. The first-order chi connectivity index (χ1) is 7.11. The molecule has 4 N–H and O–H groups in total. The molecule has 0 heterocycles. The van der Waals surface area contributed by atoms with Crippen LogP contribution < -0.4 is 69.3 Å². The van der Waals surface area contributed by atoms with E-state index in [-0.39, 0.29) is 59.1 Å². The molecule has 0 radical (unpaired) electrons. The molecule has 18 heavy (non-hydrogen) atoms. The van der Waals surface area contributed by atoms with Crippen molar-refractivity contribution in [2.75, 3.05) is 0 Å². The molecule has 14 heteroatoms. The standard InChI is InChI=1S/2C2H4O5S.2Na/c2*3-1(4)2(5)8(6)7;;/h2*2,5H,(H,3,4)(H,6,7);;/q;;2*+1/p-2. The summed E-state index contributed by atoms with van der Waals surface area (Å²) in [4.78, 5) is 18.9. The molecule has 0 aromatic rings. The van der Waals surface area contributed by atoms with Gasteiger partial charge < -0.3 is 39.1 Å². The van der Waals surface area contributed by atoms with E-state index in [2.05, 4.69) is 0 Å². The summed E-state index contributed by atoms with van der Waals surface area (Å²) in [6, 6.07) is 0. The van der Waals surface area contributed by atoms with E-state index in [4.69, 9.17) is 19.3 Å². The van der Waals surface area contributed by atoms with Crippen molar-refractivity contribution in [3.8, 4) is 0 Å². The molecule has 0 aliphatic rings. The number of aliphatic hydroxyl groups is 2. The van der Waals surface area contributed by atoms with E-state index in [0.29, 0.717) is 0 Å². The molecule has 0 aliphatic carbocycles. The molecular formula is C4H6Na2O10S2. The molecular weight excluding hydrogens is 318 g/mol. The third-order valence-electron chi connectivity index (χ3n) is 0.785. The van der Waals surface area contributed by atoms with Crippen LogP contribution in [0.25, 0.3) is 0 Å². The molecule has 0 saturated carbocycles. The first-order valence-electron chi connectivity index (χ1n) is 3.08. The second-order valence-corrected chi connectivity index (χ2v) is 3.89. The van der Waals surface area contributed by atoms with E-state index >= 15 is 0 Å². The molecule has 0 rings (SSSR count). The predicted molar refractivity (Wildman–Crippen MR) is 43.6 cm³/mol. The summed E-state index contributed by atoms with van der Waals surface area (Å²) in [5, 5.41) is 34.8. The second-order valence-electron chi connectivity index (χ2n) is 1.90. The smallest absolute Gasteiger partial charge is 0.546 e. The number of aliphatic carboxylic acids is 2. The molecule has 10 nitrogen and oxygen atoms in total. The topological polar surface area (TPSA) is 195 Å². The number of rotatable bonds is 4. The molecule has 4 atom stereocenters. The van der Waals surface area contributed by atoms with Gasteiger partial charge in [-0.05, 0) is 0 Å². The van der Waals surface area contributed by atoms with Gasteiger partial charge in [-0.2, -0.15) is 0 Å². The first-order valence-corrected chi connectivity index (χ1v) is 5.42. The first kappa shape index (κ1) is 27.4. The zero-order valence-electron chi connectivity index (χ0n) is 9.21. The van der Waals surface area contributed by atoms with Gasteiger partial charge in [0.1, 0.15) is 0 Å². The van der Waals surface area contributed by atoms with Crippen LogP contribution in [0.5, 0.6) is 0 Å². The molecule has 0 aromatic heterocycles. The van der Waals surface area contributed by atoms with Gasteiger partial charge in [-0.25, -0.2) is 8.42 Å². The van der Waals surface area contributed by atoms with Crippen LogP contribution in [-0.4, -0.2) is 50.5 Å². The summed E-state index contributed by atoms with van der Waals surface area (Å²) in [5.74, 6) is -3.91. The predicted octanol–water partition coefficient (Wildman–Crippen LogP) is -11.4. The van der Waals surface area contributed by atoms with Gasteiger partial charge in [0, 0.05) is 0 Å². The maximum absolute atomic E-state index is 9.58. The van der Waals surface area contributed by atoms with Crippen molar-refractivity contribution < 1.29 is 107 Å². The van der Waals surface area contributed by atoms with Gasteiger partial charge in [-0.15, -0.1) is 0 Å².